The summed E-state index contributed by atoms with van der Waals surface area (Å²) in [6, 6.07) is 4.96. The van der Waals surface area contributed by atoms with E-state index in [-0.39, 0.29) is 5.56 Å². The summed E-state index contributed by atoms with van der Waals surface area (Å²) < 4.78 is 5.30. The molecule has 3 rings (SSSR count). The lowest BCUT2D eigenvalue weighted by Gasteiger charge is -2.28. The van der Waals surface area contributed by atoms with E-state index in [0.717, 1.165) is 24.3 Å². The van der Waals surface area contributed by atoms with Crippen molar-refractivity contribution in [1.29, 1.82) is 0 Å². The lowest BCUT2D eigenvalue weighted by molar-refractivity contribution is 0.122. The summed E-state index contributed by atoms with van der Waals surface area (Å²) in [7, 11) is 0. The molecule has 0 spiro atoms. The standard InChI is InChI=1S/C12H12ClN3O2/c13-9-7-10(16-3-5-18-6-4-16)14-12-8(9)1-2-11(17)15-12/h1-2,7H,3-6H2,(H,14,15,17). The number of aromatic amines is 1. The number of nitrogens with one attached hydrogen (secondary N) is 1. The van der Waals surface area contributed by atoms with Gasteiger partial charge in [-0.05, 0) is 6.07 Å². The molecule has 1 fully saturated rings. The third-order valence-electron chi connectivity index (χ3n) is 2.97. The highest BCUT2D eigenvalue weighted by Crippen LogP contribution is 2.25. The number of aromatic nitrogens is 2. The molecule has 1 aliphatic rings. The van der Waals surface area contributed by atoms with Crippen molar-refractivity contribution < 1.29 is 4.74 Å². The second-order valence-corrected chi connectivity index (χ2v) is 4.55. The van der Waals surface area contributed by atoms with Crippen LogP contribution in [0.5, 0.6) is 0 Å². The lowest BCUT2D eigenvalue weighted by atomic mass is 10.2. The van der Waals surface area contributed by atoms with Crippen LogP contribution in [0.15, 0.2) is 23.0 Å². The maximum atomic E-state index is 11.3. The van der Waals surface area contributed by atoms with Gasteiger partial charge in [0.25, 0.3) is 0 Å². The second kappa shape index (κ2) is 4.59. The van der Waals surface area contributed by atoms with Gasteiger partial charge in [0, 0.05) is 30.6 Å². The molecule has 6 heteroatoms. The van der Waals surface area contributed by atoms with Gasteiger partial charge in [0.15, 0.2) is 0 Å². The Kier molecular flexibility index (Phi) is 2.93. The van der Waals surface area contributed by atoms with Gasteiger partial charge in [0.05, 0.1) is 18.2 Å². The summed E-state index contributed by atoms with van der Waals surface area (Å²) in [6.07, 6.45) is 0. The average Bonchev–Trinajstić information content (AvgIpc) is 2.39. The minimum absolute atomic E-state index is 0.176. The van der Waals surface area contributed by atoms with E-state index >= 15 is 0 Å². The molecule has 2 aromatic heterocycles. The van der Waals surface area contributed by atoms with Crippen LogP contribution in [0, 0.1) is 0 Å². The van der Waals surface area contributed by atoms with Gasteiger partial charge in [-0.2, -0.15) is 0 Å². The van der Waals surface area contributed by atoms with Crippen LogP contribution in [0.3, 0.4) is 0 Å². The average molecular weight is 266 g/mol. The zero-order valence-corrected chi connectivity index (χ0v) is 10.4. The van der Waals surface area contributed by atoms with E-state index in [2.05, 4.69) is 14.9 Å². The minimum atomic E-state index is -0.176. The molecule has 3 heterocycles. The maximum absolute atomic E-state index is 11.3. The number of halogens is 1. The largest absolute Gasteiger partial charge is 0.378 e. The van der Waals surface area contributed by atoms with Gasteiger partial charge in [0.2, 0.25) is 5.56 Å². The number of hydrogen-bond donors (Lipinski definition) is 1. The third kappa shape index (κ3) is 2.07. The van der Waals surface area contributed by atoms with Crippen molar-refractivity contribution in [2.75, 3.05) is 31.2 Å². The molecule has 0 radical (unpaired) electrons. The smallest absolute Gasteiger partial charge is 0.249 e. The number of nitrogens with zero attached hydrogens (tertiary/aromatic N) is 2. The molecular formula is C12H12ClN3O2. The minimum Gasteiger partial charge on any atom is -0.378 e. The second-order valence-electron chi connectivity index (χ2n) is 4.15. The summed E-state index contributed by atoms with van der Waals surface area (Å²) in [5.41, 5.74) is 0.349. The summed E-state index contributed by atoms with van der Waals surface area (Å²) in [5.74, 6) is 0.776. The van der Waals surface area contributed by atoms with E-state index in [1.807, 2.05) is 6.07 Å². The molecule has 1 N–H and O–H groups in total. The predicted molar refractivity (Wildman–Crippen MR) is 70.4 cm³/mol. The number of H-pyrrole nitrogens is 1. The first-order valence-corrected chi connectivity index (χ1v) is 6.14. The van der Waals surface area contributed by atoms with E-state index in [4.69, 9.17) is 16.3 Å². The van der Waals surface area contributed by atoms with Crippen LogP contribution in [-0.4, -0.2) is 36.3 Å². The molecule has 0 atom stereocenters. The quantitative estimate of drug-likeness (QED) is 0.847. The number of pyridine rings is 2. The summed E-state index contributed by atoms with van der Waals surface area (Å²) >= 11 is 6.21. The SMILES string of the molecule is O=c1ccc2c(Cl)cc(N3CCOCC3)nc2[nH]1. The Bertz CT molecular complexity index is 635. The van der Waals surface area contributed by atoms with Crippen molar-refractivity contribution in [2.45, 2.75) is 0 Å². The summed E-state index contributed by atoms with van der Waals surface area (Å²) in [5, 5.41) is 1.35. The first-order chi connectivity index (χ1) is 8.74. The van der Waals surface area contributed by atoms with E-state index in [9.17, 15) is 4.79 Å². The molecule has 0 unspecified atom stereocenters. The first-order valence-electron chi connectivity index (χ1n) is 5.76. The highest BCUT2D eigenvalue weighted by Gasteiger charge is 2.14. The van der Waals surface area contributed by atoms with Crippen molar-refractivity contribution in [3.63, 3.8) is 0 Å². The monoisotopic (exact) mass is 265 g/mol. The van der Waals surface area contributed by atoms with Gasteiger partial charge in [-0.15, -0.1) is 0 Å². The zero-order valence-electron chi connectivity index (χ0n) is 9.65. The molecule has 0 bridgehead atoms. The van der Waals surface area contributed by atoms with Gasteiger partial charge >= 0.3 is 0 Å². The van der Waals surface area contributed by atoms with Crippen LogP contribution in [0.1, 0.15) is 0 Å². The van der Waals surface area contributed by atoms with Gasteiger partial charge in [-0.25, -0.2) is 4.98 Å². The molecule has 0 amide bonds. The fraction of sp³-hybridized carbons (Fsp3) is 0.333. The van der Waals surface area contributed by atoms with Crippen LogP contribution in [0.25, 0.3) is 11.0 Å². The van der Waals surface area contributed by atoms with Crippen molar-refractivity contribution in [3.05, 3.63) is 33.6 Å². The van der Waals surface area contributed by atoms with Crippen molar-refractivity contribution in [2.24, 2.45) is 0 Å². The molecule has 0 aromatic carbocycles. The van der Waals surface area contributed by atoms with Crippen molar-refractivity contribution in [1.82, 2.24) is 9.97 Å². The fourth-order valence-electron chi connectivity index (χ4n) is 2.04. The van der Waals surface area contributed by atoms with E-state index < -0.39 is 0 Å². The molecule has 1 aliphatic heterocycles. The molecule has 0 aliphatic carbocycles. The third-order valence-corrected chi connectivity index (χ3v) is 3.29. The Morgan fingerprint density at radius 3 is 2.89 bits per heavy atom. The Balaban J connectivity index is 2.10. The lowest BCUT2D eigenvalue weighted by Crippen LogP contribution is -2.36. The van der Waals surface area contributed by atoms with E-state index in [1.165, 1.54) is 6.07 Å². The summed E-state index contributed by atoms with van der Waals surface area (Å²) in [4.78, 5) is 20.6. The van der Waals surface area contributed by atoms with E-state index in [0.29, 0.717) is 23.9 Å². The molecule has 5 nitrogen and oxygen atoms in total. The van der Waals surface area contributed by atoms with E-state index in [1.54, 1.807) is 6.07 Å². The Hall–Kier alpha value is -1.59. The number of morpholine rings is 1. The Morgan fingerprint density at radius 2 is 2.11 bits per heavy atom. The number of ether oxygens (including phenoxy) is 1. The van der Waals surface area contributed by atoms with Crippen LogP contribution < -0.4 is 10.5 Å². The molecule has 94 valence electrons. The van der Waals surface area contributed by atoms with Crippen molar-refractivity contribution in [3.8, 4) is 0 Å². The normalized spacial score (nSPS) is 16.2. The van der Waals surface area contributed by atoms with Gasteiger partial charge in [-0.3, -0.25) is 4.79 Å². The Morgan fingerprint density at radius 1 is 1.33 bits per heavy atom. The van der Waals surface area contributed by atoms with Crippen LogP contribution in [0.4, 0.5) is 5.82 Å². The van der Waals surface area contributed by atoms with Crippen LogP contribution >= 0.6 is 11.6 Å². The Labute approximate surface area is 108 Å². The molecule has 0 saturated carbocycles. The number of fused-ring (bicyclic) bond motifs is 1. The molecule has 2 aromatic rings. The summed E-state index contributed by atoms with van der Waals surface area (Å²) in [6.45, 7) is 2.93. The number of anilines is 1. The maximum Gasteiger partial charge on any atom is 0.249 e. The highest BCUT2D eigenvalue weighted by molar-refractivity contribution is 6.35. The van der Waals surface area contributed by atoms with Gasteiger partial charge in [-0.1, -0.05) is 11.6 Å². The predicted octanol–water partition coefficient (Wildman–Crippen LogP) is 1.41. The number of rotatable bonds is 1. The van der Waals surface area contributed by atoms with Gasteiger partial charge < -0.3 is 14.6 Å². The molecule has 1 saturated heterocycles. The zero-order chi connectivity index (χ0) is 12.5. The highest BCUT2D eigenvalue weighted by atomic mass is 35.5. The topological polar surface area (TPSA) is 58.2 Å². The van der Waals surface area contributed by atoms with Crippen molar-refractivity contribution >= 4 is 28.5 Å². The van der Waals surface area contributed by atoms with Crippen LogP contribution in [-0.2, 0) is 4.74 Å². The van der Waals surface area contributed by atoms with Gasteiger partial charge in [0.1, 0.15) is 11.5 Å². The first kappa shape index (κ1) is 11.5. The number of hydrogen-bond acceptors (Lipinski definition) is 4. The molecular weight excluding hydrogens is 254 g/mol. The molecule has 18 heavy (non-hydrogen) atoms. The fourth-order valence-corrected chi connectivity index (χ4v) is 2.29. The van der Waals surface area contributed by atoms with Crippen LogP contribution in [0.2, 0.25) is 5.02 Å².